The zero-order chi connectivity index (χ0) is 13.0. The summed E-state index contributed by atoms with van der Waals surface area (Å²) in [7, 11) is 0. The molecule has 1 aromatic rings. The Hall–Kier alpha value is -0.780. The van der Waals surface area contributed by atoms with Crippen molar-refractivity contribution in [1.82, 2.24) is 4.98 Å². The number of rotatable bonds is 6. The van der Waals surface area contributed by atoms with E-state index >= 15 is 0 Å². The summed E-state index contributed by atoms with van der Waals surface area (Å²) in [5.74, 6) is 0.128. The molecule has 0 fully saturated rings. The Balaban J connectivity index is 2.61. The number of aromatic nitrogens is 1. The summed E-state index contributed by atoms with van der Waals surface area (Å²) in [6, 6.07) is -0.971. The minimum Gasteiger partial charge on any atom is -0.321 e. The van der Waals surface area contributed by atoms with Crippen LogP contribution in [0.5, 0.6) is 0 Å². The smallest absolute Gasteiger partial charge is 0.166 e. The van der Waals surface area contributed by atoms with Crippen LogP contribution in [0.2, 0.25) is 0 Å². The van der Waals surface area contributed by atoms with Crippen molar-refractivity contribution in [2.75, 3.05) is 0 Å². The molecule has 1 rings (SSSR count). The maximum absolute atomic E-state index is 12.0. The summed E-state index contributed by atoms with van der Waals surface area (Å²) in [5.41, 5.74) is 14.5. The molecular weight excluding hydrogens is 234 g/mol. The largest absolute Gasteiger partial charge is 0.321 e. The van der Waals surface area contributed by atoms with Crippen molar-refractivity contribution in [2.45, 2.75) is 45.7 Å². The standard InChI is InChI=1S/C12H21N3OS/c1-4-7(2)11(14)12(16)9(13)5-10-8(3)15-6-17-10/h6-7,9,11H,4-5,13-14H2,1-3H3/t7-,9?,11-/m0/s1. The Morgan fingerprint density at radius 1 is 1.53 bits per heavy atom. The van der Waals surface area contributed by atoms with Gasteiger partial charge in [0.05, 0.1) is 23.3 Å². The molecule has 0 bridgehead atoms. The average molecular weight is 255 g/mol. The van der Waals surface area contributed by atoms with E-state index in [9.17, 15) is 4.79 Å². The van der Waals surface area contributed by atoms with Crippen LogP contribution in [0.3, 0.4) is 0 Å². The number of hydrogen-bond donors (Lipinski definition) is 2. The maximum atomic E-state index is 12.0. The van der Waals surface area contributed by atoms with Crippen molar-refractivity contribution in [3.8, 4) is 0 Å². The lowest BCUT2D eigenvalue weighted by atomic mass is 9.91. The second-order valence-electron chi connectivity index (χ2n) is 4.49. The summed E-state index contributed by atoms with van der Waals surface area (Å²) in [6.07, 6.45) is 1.43. The highest BCUT2D eigenvalue weighted by Crippen LogP contribution is 2.15. The lowest BCUT2D eigenvalue weighted by Gasteiger charge is -2.20. The molecule has 0 saturated carbocycles. The van der Waals surface area contributed by atoms with E-state index in [0.717, 1.165) is 17.0 Å². The highest BCUT2D eigenvalue weighted by atomic mass is 32.1. The highest BCUT2D eigenvalue weighted by Gasteiger charge is 2.25. The van der Waals surface area contributed by atoms with Crippen molar-refractivity contribution >= 4 is 17.1 Å². The van der Waals surface area contributed by atoms with E-state index in [-0.39, 0.29) is 11.7 Å². The minimum absolute atomic E-state index is 0.0489. The van der Waals surface area contributed by atoms with Crippen LogP contribution in [0.4, 0.5) is 0 Å². The third-order valence-corrected chi connectivity index (χ3v) is 4.16. The molecule has 0 saturated heterocycles. The van der Waals surface area contributed by atoms with Crippen LogP contribution in [0, 0.1) is 12.8 Å². The first-order chi connectivity index (χ1) is 7.97. The van der Waals surface area contributed by atoms with Crippen molar-refractivity contribution in [3.63, 3.8) is 0 Å². The maximum Gasteiger partial charge on any atom is 0.166 e. The molecule has 0 aromatic carbocycles. The van der Waals surface area contributed by atoms with Crippen molar-refractivity contribution in [1.29, 1.82) is 0 Å². The Bertz CT molecular complexity index is 378. The third kappa shape index (κ3) is 3.59. The molecule has 1 aromatic heterocycles. The van der Waals surface area contributed by atoms with Gasteiger partial charge < -0.3 is 11.5 Å². The molecule has 1 heterocycles. The van der Waals surface area contributed by atoms with Crippen molar-refractivity contribution in [2.24, 2.45) is 17.4 Å². The van der Waals surface area contributed by atoms with Gasteiger partial charge in [-0.2, -0.15) is 0 Å². The SMILES string of the molecule is CC[C@H](C)[C@H](N)C(=O)C(N)Cc1scnc1C. The van der Waals surface area contributed by atoms with Crippen molar-refractivity contribution in [3.05, 3.63) is 16.1 Å². The second kappa shape index (κ2) is 6.23. The van der Waals surface area contributed by atoms with Crippen molar-refractivity contribution < 1.29 is 4.79 Å². The van der Waals surface area contributed by atoms with Crippen LogP contribution < -0.4 is 11.5 Å². The number of ketones is 1. The lowest BCUT2D eigenvalue weighted by molar-refractivity contribution is -0.122. The van der Waals surface area contributed by atoms with E-state index in [1.54, 1.807) is 5.51 Å². The van der Waals surface area contributed by atoms with Gasteiger partial charge in [0.1, 0.15) is 0 Å². The molecule has 0 radical (unpaired) electrons. The van der Waals surface area contributed by atoms with E-state index < -0.39 is 12.1 Å². The first-order valence-electron chi connectivity index (χ1n) is 5.91. The first kappa shape index (κ1) is 14.3. The molecule has 0 spiro atoms. The quantitative estimate of drug-likeness (QED) is 0.802. The fourth-order valence-electron chi connectivity index (χ4n) is 1.60. The van der Waals surface area contributed by atoms with Crippen LogP contribution in [0.25, 0.3) is 0 Å². The Labute approximate surface area is 106 Å². The third-order valence-electron chi connectivity index (χ3n) is 3.20. The predicted molar refractivity (Wildman–Crippen MR) is 71.0 cm³/mol. The van der Waals surface area contributed by atoms with E-state index in [2.05, 4.69) is 4.98 Å². The fraction of sp³-hybridized carbons (Fsp3) is 0.667. The van der Waals surface area contributed by atoms with Gasteiger partial charge >= 0.3 is 0 Å². The average Bonchev–Trinajstić information content (AvgIpc) is 2.72. The molecule has 0 aliphatic rings. The number of carbonyl (C=O) groups excluding carboxylic acids is 1. The lowest BCUT2D eigenvalue weighted by Crippen LogP contribution is -2.47. The zero-order valence-corrected chi connectivity index (χ0v) is 11.5. The monoisotopic (exact) mass is 255 g/mol. The number of aryl methyl sites for hydroxylation is 1. The van der Waals surface area contributed by atoms with Gasteiger partial charge in [-0.05, 0) is 12.8 Å². The summed E-state index contributed by atoms with van der Waals surface area (Å²) < 4.78 is 0. The molecule has 1 unspecified atom stereocenters. The summed E-state index contributed by atoms with van der Waals surface area (Å²) in [5, 5.41) is 0. The molecular formula is C12H21N3OS. The van der Waals surface area contributed by atoms with Crippen LogP contribution in [-0.4, -0.2) is 22.9 Å². The second-order valence-corrected chi connectivity index (χ2v) is 5.42. The minimum atomic E-state index is -0.516. The Morgan fingerprint density at radius 3 is 2.65 bits per heavy atom. The van der Waals surface area contributed by atoms with Gasteiger partial charge in [0.15, 0.2) is 5.78 Å². The first-order valence-corrected chi connectivity index (χ1v) is 6.79. The van der Waals surface area contributed by atoms with Gasteiger partial charge in [0.25, 0.3) is 0 Å². The van der Waals surface area contributed by atoms with E-state index in [4.69, 9.17) is 11.5 Å². The molecule has 0 amide bonds. The molecule has 0 aliphatic carbocycles. The molecule has 96 valence electrons. The normalized spacial score (nSPS) is 16.5. The molecule has 5 heteroatoms. The summed E-state index contributed by atoms with van der Waals surface area (Å²) >= 11 is 1.54. The Morgan fingerprint density at radius 2 is 2.18 bits per heavy atom. The number of nitrogens with zero attached hydrogens (tertiary/aromatic N) is 1. The van der Waals surface area contributed by atoms with Gasteiger partial charge in [-0.1, -0.05) is 20.3 Å². The number of Topliss-reactive ketones (excluding diaryl/α,β-unsaturated/α-hetero) is 1. The van der Waals surface area contributed by atoms with Gasteiger partial charge in [-0.15, -0.1) is 11.3 Å². The molecule has 3 atom stereocenters. The zero-order valence-electron chi connectivity index (χ0n) is 10.6. The molecule has 0 aliphatic heterocycles. The number of carbonyl (C=O) groups is 1. The highest BCUT2D eigenvalue weighted by molar-refractivity contribution is 7.09. The van der Waals surface area contributed by atoms with Gasteiger partial charge in [-0.3, -0.25) is 4.79 Å². The van der Waals surface area contributed by atoms with E-state index in [1.807, 2.05) is 20.8 Å². The van der Waals surface area contributed by atoms with Gasteiger partial charge in [-0.25, -0.2) is 4.98 Å². The number of hydrogen-bond acceptors (Lipinski definition) is 5. The Kier molecular flexibility index (Phi) is 5.24. The number of thiazole rings is 1. The van der Waals surface area contributed by atoms with Crippen LogP contribution in [0.1, 0.15) is 30.8 Å². The topological polar surface area (TPSA) is 82.0 Å². The van der Waals surface area contributed by atoms with Crippen LogP contribution >= 0.6 is 11.3 Å². The fourth-order valence-corrected chi connectivity index (χ4v) is 2.44. The van der Waals surface area contributed by atoms with E-state index in [0.29, 0.717) is 6.42 Å². The van der Waals surface area contributed by atoms with Crippen LogP contribution in [0.15, 0.2) is 5.51 Å². The summed E-state index contributed by atoms with van der Waals surface area (Å²) in [6.45, 7) is 5.93. The molecule has 4 nitrogen and oxygen atoms in total. The predicted octanol–water partition coefficient (Wildman–Crippen LogP) is 1.26. The molecule has 4 N–H and O–H groups in total. The van der Waals surface area contributed by atoms with Gasteiger partial charge in [0, 0.05) is 11.3 Å². The molecule has 17 heavy (non-hydrogen) atoms. The van der Waals surface area contributed by atoms with E-state index in [1.165, 1.54) is 11.3 Å². The number of nitrogens with two attached hydrogens (primary N) is 2. The van der Waals surface area contributed by atoms with Gasteiger partial charge in [0.2, 0.25) is 0 Å². The summed E-state index contributed by atoms with van der Waals surface area (Å²) in [4.78, 5) is 17.2. The van der Waals surface area contributed by atoms with Crippen LogP contribution in [-0.2, 0) is 11.2 Å².